The number of rotatable bonds is 5. The summed E-state index contributed by atoms with van der Waals surface area (Å²) in [6, 6.07) is 16.6. The highest BCUT2D eigenvalue weighted by molar-refractivity contribution is 6.33. The van der Waals surface area contributed by atoms with Gasteiger partial charge in [-0.1, -0.05) is 11.6 Å². The average Bonchev–Trinajstić information content (AvgIpc) is 2.72. The van der Waals surface area contributed by atoms with E-state index in [-0.39, 0.29) is 5.75 Å². The molecule has 0 unspecified atom stereocenters. The highest BCUT2D eigenvalue weighted by atomic mass is 35.5. The van der Waals surface area contributed by atoms with Gasteiger partial charge in [0.25, 0.3) is 0 Å². The van der Waals surface area contributed by atoms with Gasteiger partial charge >= 0.3 is 0 Å². The second-order valence-electron chi connectivity index (χ2n) is 6.67. The van der Waals surface area contributed by atoms with E-state index in [1.807, 2.05) is 50.2 Å². The number of nitrogens with zero attached hydrogens (tertiary/aromatic N) is 2. The van der Waals surface area contributed by atoms with Gasteiger partial charge in [-0.05, 0) is 79.6 Å². The van der Waals surface area contributed by atoms with E-state index in [0.717, 1.165) is 39.0 Å². The number of benzene rings is 3. The molecule has 0 bridgehead atoms. The third-order valence-electron chi connectivity index (χ3n) is 4.56. The summed E-state index contributed by atoms with van der Waals surface area (Å²) in [5.41, 5.74) is 4.41. The van der Waals surface area contributed by atoms with Crippen LogP contribution in [0.2, 0.25) is 5.02 Å². The van der Waals surface area contributed by atoms with E-state index < -0.39 is 0 Å². The molecule has 0 atom stereocenters. The molecule has 0 saturated carbocycles. The number of hydrogen-bond acceptors (Lipinski definition) is 5. The van der Waals surface area contributed by atoms with Crippen LogP contribution in [-0.2, 0) is 0 Å². The Labute approximate surface area is 174 Å². The van der Waals surface area contributed by atoms with Gasteiger partial charge in [0.05, 0.1) is 12.1 Å². The van der Waals surface area contributed by atoms with Crippen molar-refractivity contribution in [1.82, 2.24) is 9.97 Å². The number of phenolic OH excluding ortho intramolecular Hbond substituents is 1. The van der Waals surface area contributed by atoms with Gasteiger partial charge in [-0.15, -0.1) is 0 Å². The lowest BCUT2D eigenvalue weighted by molar-refractivity contribution is 0.340. The van der Waals surface area contributed by atoms with E-state index in [4.69, 9.17) is 16.3 Å². The van der Waals surface area contributed by atoms with Gasteiger partial charge in [0.1, 0.15) is 11.5 Å². The fourth-order valence-corrected chi connectivity index (χ4v) is 3.43. The number of fused-ring (bicyclic) bond motifs is 1. The lowest BCUT2D eigenvalue weighted by atomic mass is 10.0. The van der Waals surface area contributed by atoms with Gasteiger partial charge < -0.3 is 15.2 Å². The molecule has 0 spiro atoms. The van der Waals surface area contributed by atoms with Crippen LogP contribution in [-0.4, -0.2) is 21.7 Å². The van der Waals surface area contributed by atoms with E-state index in [2.05, 4.69) is 15.3 Å². The van der Waals surface area contributed by atoms with Crippen LogP contribution in [0.3, 0.4) is 0 Å². The third kappa shape index (κ3) is 4.10. The zero-order chi connectivity index (χ0) is 20.4. The first-order valence-electron chi connectivity index (χ1n) is 9.29. The van der Waals surface area contributed by atoms with Gasteiger partial charge in [0.15, 0.2) is 0 Å². The van der Waals surface area contributed by atoms with Gasteiger partial charge in [-0.25, -0.2) is 9.97 Å². The van der Waals surface area contributed by atoms with Crippen LogP contribution in [0, 0.1) is 6.92 Å². The van der Waals surface area contributed by atoms with Crippen LogP contribution in [0.15, 0.2) is 60.8 Å². The molecule has 0 fully saturated rings. The molecule has 1 aromatic heterocycles. The van der Waals surface area contributed by atoms with E-state index in [9.17, 15) is 5.11 Å². The summed E-state index contributed by atoms with van der Waals surface area (Å²) < 4.78 is 5.46. The molecule has 0 saturated heterocycles. The molecule has 0 aliphatic carbocycles. The van der Waals surface area contributed by atoms with Crippen LogP contribution in [0.25, 0.3) is 22.0 Å². The number of phenols is 1. The fraction of sp³-hybridized carbons (Fsp3) is 0.130. The highest BCUT2D eigenvalue weighted by Crippen LogP contribution is 2.34. The van der Waals surface area contributed by atoms with Crippen molar-refractivity contribution in [3.8, 4) is 22.6 Å². The molecule has 6 heteroatoms. The minimum absolute atomic E-state index is 0.174. The number of ether oxygens (including phenoxy) is 1. The molecule has 2 N–H and O–H groups in total. The summed E-state index contributed by atoms with van der Waals surface area (Å²) in [4.78, 5) is 9.11. The Hall–Kier alpha value is -3.31. The Morgan fingerprint density at radius 2 is 1.86 bits per heavy atom. The van der Waals surface area contributed by atoms with Crippen LogP contribution in [0.4, 0.5) is 11.6 Å². The second-order valence-corrected chi connectivity index (χ2v) is 7.08. The first kappa shape index (κ1) is 19.0. The molecular weight excluding hydrogens is 386 g/mol. The zero-order valence-electron chi connectivity index (χ0n) is 16.1. The van der Waals surface area contributed by atoms with Crippen molar-refractivity contribution in [3.05, 3.63) is 71.4 Å². The maximum Gasteiger partial charge on any atom is 0.227 e. The summed E-state index contributed by atoms with van der Waals surface area (Å²) in [7, 11) is 0. The predicted octanol–water partition coefficient (Wildman–Crippen LogP) is 6.11. The SMILES string of the molecule is CCOc1ccc(Nc2ncc3cc(-c4cc(O)ccc4Cl)cc(C)c3n2)cc1. The van der Waals surface area contributed by atoms with Crippen LogP contribution >= 0.6 is 11.6 Å². The molecule has 4 aromatic rings. The summed E-state index contributed by atoms with van der Waals surface area (Å²) in [5.74, 6) is 1.52. The third-order valence-corrected chi connectivity index (χ3v) is 4.89. The van der Waals surface area contributed by atoms with Gasteiger partial charge in [0, 0.05) is 27.9 Å². The molecule has 0 aliphatic heterocycles. The lowest BCUT2D eigenvalue weighted by Crippen LogP contribution is -1.98. The first-order chi connectivity index (χ1) is 14.0. The molecule has 29 heavy (non-hydrogen) atoms. The highest BCUT2D eigenvalue weighted by Gasteiger charge is 2.10. The van der Waals surface area contributed by atoms with Gasteiger partial charge in [-0.3, -0.25) is 0 Å². The number of halogens is 1. The number of anilines is 2. The fourth-order valence-electron chi connectivity index (χ4n) is 3.20. The molecule has 0 aliphatic rings. The van der Waals surface area contributed by atoms with Crippen molar-refractivity contribution >= 4 is 34.1 Å². The summed E-state index contributed by atoms with van der Waals surface area (Å²) >= 11 is 6.32. The predicted molar refractivity (Wildman–Crippen MR) is 117 cm³/mol. The summed E-state index contributed by atoms with van der Waals surface area (Å²) in [6.45, 7) is 4.59. The molecule has 0 amide bonds. The second kappa shape index (κ2) is 7.97. The van der Waals surface area contributed by atoms with E-state index >= 15 is 0 Å². The van der Waals surface area contributed by atoms with E-state index in [1.54, 1.807) is 24.4 Å². The molecule has 146 valence electrons. The first-order valence-corrected chi connectivity index (χ1v) is 9.67. The van der Waals surface area contributed by atoms with Crippen molar-refractivity contribution in [2.45, 2.75) is 13.8 Å². The minimum Gasteiger partial charge on any atom is -0.508 e. The maximum absolute atomic E-state index is 9.81. The van der Waals surface area contributed by atoms with Crippen molar-refractivity contribution in [3.63, 3.8) is 0 Å². The zero-order valence-corrected chi connectivity index (χ0v) is 16.9. The van der Waals surface area contributed by atoms with Crippen molar-refractivity contribution in [2.75, 3.05) is 11.9 Å². The Morgan fingerprint density at radius 1 is 1.07 bits per heavy atom. The number of aromatic nitrogens is 2. The largest absolute Gasteiger partial charge is 0.508 e. The normalized spacial score (nSPS) is 10.9. The standard InChI is InChI=1S/C23H20ClN3O2/c1-3-29-19-7-4-17(5-8-19)26-23-25-13-16-11-15(10-14(2)22(16)27-23)20-12-18(28)6-9-21(20)24/h4-13,28H,3H2,1-2H3,(H,25,26,27). The molecule has 3 aromatic carbocycles. The monoisotopic (exact) mass is 405 g/mol. The average molecular weight is 406 g/mol. The quantitative estimate of drug-likeness (QED) is 0.419. The van der Waals surface area contributed by atoms with Gasteiger partial charge in [0.2, 0.25) is 5.95 Å². The molecule has 5 nitrogen and oxygen atoms in total. The van der Waals surface area contributed by atoms with Crippen LogP contribution in [0.5, 0.6) is 11.5 Å². The Kier molecular flexibility index (Phi) is 5.23. The number of nitrogens with one attached hydrogen (secondary N) is 1. The number of hydrogen-bond donors (Lipinski definition) is 2. The van der Waals surface area contributed by atoms with Crippen LogP contribution < -0.4 is 10.1 Å². The molecule has 1 heterocycles. The Morgan fingerprint density at radius 3 is 2.62 bits per heavy atom. The van der Waals surface area contributed by atoms with Crippen molar-refractivity contribution in [1.29, 1.82) is 0 Å². The minimum atomic E-state index is 0.174. The molecular formula is C23H20ClN3O2. The van der Waals surface area contributed by atoms with Crippen molar-refractivity contribution in [2.24, 2.45) is 0 Å². The number of aryl methyl sites for hydroxylation is 1. The van der Waals surface area contributed by atoms with E-state index in [0.29, 0.717) is 17.6 Å². The van der Waals surface area contributed by atoms with Gasteiger partial charge in [-0.2, -0.15) is 0 Å². The number of aromatic hydroxyl groups is 1. The topological polar surface area (TPSA) is 67.3 Å². The molecule has 0 radical (unpaired) electrons. The van der Waals surface area contributed by atoms with E-state index in [1.165, 1.54) is 0 Å². The van der Waals surface area contributed by atoms with Crippen molar-refractivity contribution < 1.29 is 9.84 Å². The maximum atomic E-state index is 9.81. The summed E-state index contributed by atoms with van der Waals surface area (Å²) in [6.07, 6.45) is 1.78. The Bertz CT molecular complexity index is 1180. The molecule has 4 rings (SSSR count). The smallest absolute Gasteiger partial charge is 0.227 e. The lowest BCUT2D eigenvalue weighted by Gasteiger charge is -2.11. The Balaban J connectivity index is 1.66. The summed E-state index contributed by atoms with van der Waals surface area (Å²) in [5, 5.41) is 14.5. The van der Waals surface area contributed by atoms with Crippen LogP contribution in [0.1, 0.15) is 12.5 Å².